The number of nitrogens with zero attached hydrogens (tertiary/aromatic N) is 4. The third kappa shape index (κ3) is 6.36. The van der Waals surface area contributed by atoms with Crippen molar-refractivity contribution in [1.29, 1.82) is 0 Å². The Bertz CT molecular complexity index is 948. The van der Waals surface area contributed by atoms with E-state index in [1.54, 1.807) is 12.4 Å². The van der Waals surface area contributed by atoms with Crippen molar-refractivity contribution in [3.63, 3.8) is 0 Å². The van der Waals surface area contributed by atoms with Gasteiger partial charge in [-0.15, -0.1) is 10.2 Å². The van der Waals surface area contributed by atoms with Crippen LogP contribution in [-0.2, 0) is 29.2 Å². The SMILES string of the molecule is O=C(CCc1nnc(COc2ccccc2)o1)N1CCC[C@H](OCc2cccnc2)C1. The van der Waals surface area contributed by atoms with Crippen molar-refractivity contribution < 1.29 is 18.7 Å². The van der Waals surface area contributed by atoms with Crippen molar-refractivity contribution in [1.82, 2.24) is 20.1 Å². The molecule has 2 aromatic heterocycles. The Morgan fingerprint density at radius 1 is 1.10 bits per heavy atom. The first-order valence-corrected chi connectivity index (χ1v) is 10.5. The van der Waals surface area contributed by atoms with Gasteiger partial charge in [-0.2, -0.15) is 0 Å². The van der Waals surface area contributed by atoms with E-state index < -0.39 is 0 Å². The minimum Gasteiger partial charge on any atom is -0.484 e. The van der Waals surface area contributed by atoms with Crippen LogP contribution >= 0.6 is 0 Å². The molecule has 0 radical (unpaired) electrons. The van der Waals surface area contributed by atoms with Crippen molar-refractivity contribution in [2.75, 3.05) is 13.1 Å². The van der Waals surface area contributed by atoms with Gasteiger partial charge >= 0.3 is 0 Å². The van der Waals surface area contributed by atoms with E-state index in [1.807, 2.05) is 47.4 Å². The predicted octanol–water partition coefficient (Wildman–Crippen LogP) is 3.18. The molecule has 1 amide bonds. The normalized spacial score (nSPS) is 16.3. The van der Waals surface area contributed by atoms with Crippen LogP contribution < -0.4 is 4.74 Å². The standard InChI is InChI=1S/C23H26N4O4/c28-23(27-13-5-9-20(15-27)29-16-18-6-4-12-24-14-18)11-10-21-25-26-22(31-21)17-30-19-7-2-1-3-8-19/h1-4,6-8,12,14,20H,5,9-11,13,15-17H2/t20-/m0/s1. The number of ether oxygens (including phenoxy) is 2. The molecule has 162 valence electrons. The largest absolute Gasteiger partial charge is 0.484 e. The Kier molecular flexibility index (Phi) is 7.23. The van der Waals surface area contributed by atoms with Gasteiger partial charge in [0.25, 0.3) is 5.89 Å². The van der Waals surface area contributed by atoms with Crippen LogP contribution in [0, 0.1) is 0 Å². The molecule has 0 unspecified atom stereocenters. The number of carbonyl (C=O) groups is 1. The van der Waals surface area contributed by atoms with Gasteiger partial charge in [-0.25, -0.2) is 0 Å². The van der Waals surface area contributed by atoms with E-state index >= 15 is 0 Å². The van der Waals surface area contributed by atoms with E-state index in [4.69, 9.17) is 13.9 Å². The number of hydrogen-bond donors (Lipinski definition) is 0. The summed E-state index contributed by atoms with van der Waals surface area (Å²) in [5.74, 6) is 1.66. The minimum atomic E-state index is 0.0445. The monoisotopic (exact) mass is 422 g/mol. The van der Waals surface area contributed by atoms with E-state index in [0.717, 1.165) is 30.7 Å². The summed E-state index contributed by atoms with van der Waals surface area (Å²) in [6.45, 7) is 2.08. The van der Waals surface area contributed by atoms with Gasteiger partial charge < -0.3 is 18.8 Å². The summed E-state index contributed by atoms with van der Waals surface area (Å²) in [6, 6.07) is 13.3. The fourth-order valence-electron chi connectivity index (χ4n) is 3.48. The molecule has 0 bridgehead atoms. The van der Waals surface area contributed by atoms with Crippen molar-refractivity contribution in [3.05, 3.63) is 72.2 Å². The van der Waals surface area contributed by atoms with Crippen molar-refractivity contribution >= 4 is 5.91 Å². The second-order valence-electron chi connectivity index (χ2n) is 7.47. The lowest BCUT2D eigenvalue weighted by atomic mass is 10.1. The summed E-state index contributed by atoms with van der Waals surface area (Å²) in [6.07, 6.45) is 6.22. The molecule has 3 heterocycles. The highest BCUT2D eigenvalue weighted by molar-refractivity contribution is 5.76. The zero-order chi connectivity index (χ0) is 21.3. The molecule has 4 rings (SSSR count). The van der Waals surface area contributed by atoms with Crippen molar-refractivity contribution in [2.45, 2.75) is 45.0 Å². The maximum absolute atomic E-state index is 12.7. The quantitative estimate of drug-likeness (QED) is 0.523. The molecule has 1 aromatic carbocycles. The third-order valence-electron chi connectivity index (χ3n) is 5.11. The fraction of sp³-hybridized carbons (Fsp3) is 0.391. The van der Waals surface area contributed by atoms with Gasteiger partial charge in [0.1, 0.15) is 5.75 Å². The molecule has 8 heteroatoms. The average molecular weight is 422 g/mol. The molecule has 31 heavy (non-hydrogen) atoms. The molecule has 3 aromatic rings. The topological polar surface area (TPSA) is 90.6 Å². The number of hydrogen-bond acceptors (Lipinski definition) is 7. The van der Waals surface area contributed by atoms with E-state index in [1.165, 1.54) is 0 Å². The second-order valence-corrected chi connectivity index (χ2v) is 7.47. The molecule has 1 aliphatic rings. The number of rotatable bonds is 9. The highest BCUT2D eigenvalue weighted by Gasteiger charge is 2.24. The smallest absolute Gasteiger partial charge is 0.253 e. The number of pyridine rings is 1. The maximum Gasteiger partial charge on any atom is 0.253 e. The molecule has 8 nitrogen and oxygen atoms in total. The molecule has 1 aliphatic heterocycles. The van der Waals surface area contributed by atoms with Gasteiger partial charge in [0, 0.05) is 38.3 Å². The van der Waals surface area contributed by atoms with Crippen LogP contribution in [-0.4, -0.2) is 45.2 Å². The van der Waals surface area contributed by atoms with Gasteiger partial charge in [-0.3, -0.25) is 9.78 Å². The van der Waals surface area contributed by atoms with E-state index in [2.05, 4.69) is 15.2 Å². The Morgan fingerprint density at radius 3 is 2.81 bits per heavy atom. The summed E-state index contributed by atoms with van der Waals surface area (Å²) in [7, 11) is 0. The molecule has 0 spiro atoms. The minimum absolute atomic E-state index is 0.0445. The maximum atomic E-state index is 12.7. The number of para-hydroxylation sites is 1. The van der Waals surface area contributed by atoms with E-state index in [9.17, 15) is 4.79 Å². The lowest BCUT2D eigenvalue weighted by Gasteiger charge is -2.32. The Balaban J connectivity index is 1.20. The number of piperidine rings is 1. The summed E-state index contributed by atoms with van der Waals surface area (Å²) in [5.41, 5.74) is 1.04. The number of carbonyl (C=O) groups excluding carboxylic acids is 1. The second kappa shape index (κ2) is 10.7. The summed E-state index contributed by atoms with van der Waals surface area (Å²) in [4.78, 5) is 18.6. The highest BCUT2D eigenvalue weighted by atomic mass is 16.5. The predicted molar refractivity (Wildman–Crippen MR) is 112 cm³/mol. The first-order valence-electron chi connectivity index (χ1n) is 10.5. The fourth-order valence-corrected chi connectivity index (χ4v) is 3.48. The number of aryl methyl sites for hydroxylation is 1. The van der Waals surface area contributed by atoms with Gasteiger partial charge in [0.2, 0.25) is 11.8 Å². The Hall–Kier alpha value is -3.26. The van der Waals surface area contributed by atoms with Crippen molar-refractivity contribution in [3.8, 4) is 5.75 Å². The van der Waals surface area contributed by atoms with E-state index in [0.29, 0.717) is 37.8 Å². The van der Waals surface area contributed by atoms with Gasteiger partial charge in [-0.1, -0.05) is 24.3 Å². The molecule has 0 aliphatic carbocycles. The van der Waals surface area contributed by atoms with Crippen LogP contribution in [0.25, 0.3) is 0 Å². The molecule has 1 saturated heterocycles. The first-order chi connectivity index (χ1) is 15.3. The lowest BCUT2D eigenvalue weighted by molar-refractivity contribution is -0.135. The molecular weight excluding hydrogens is 396 g/mol. The molecular formula is C23H26N4O4. The Morgan fingerprint density at radius 2 is 1.97 bits per heavy atom. The zero-order valence-electron chi connectivity index (χ0n) is 17.4. The molecule has 1 atom stereocenters. The van der Waals surface area contributed by atoms with Crippen molar-refractivity contribution in [2.24, 2.45) is 0 Å². The summed E-state index contributed by atoms with van der Waals surface area (Å²) >= 11 is 0. The summed E-state index contributed by atoms with van der Waals surface area (Å²) < 4.78 is 17.2. The van der Waals surface area contributed by atoms with Crippen LogP contribution in [0.4, 0.5) is 0 Å². The zero-order valence-corrected chi connectivity index (χ0v) is 17.4. The van der Waals surface area contributed by atoms with Gasteiger partial charge in [0.15, 0.2) is 6.61 Å². The first kappa shape index (κ1) is 21.0. The molecule has 0 N–H and O–H groups in total. The lowest BCUT2D eigenvalue weighted by Crippen LogP contribution is -2.43. The average Bonchev–Trinajstić information content (AvgIpc) is 3.29. The van der Waals surface area contributed by atoms with E-state index in [-0.39, 0.29) is 18.6 Å². The Labute approximate surface area is 181 Å². The van der Waals surface area contributed by atoms with Gasteiger partial charge in [0.05, 0.1) is 12.7 Å². The van der Waals surface area contributed by atoms with Crippen LogP contribution in [0.3, 0.4) is 0 Å². The molecule has 0 saturated carbocycles. The number of amides is 1. The number of benzene rings is 1. The van der Waals surface area contributed by atoms with Crippen LogP contribution in [0.1, 0.15) is 36.6 Å². The van der Waals surface area contributed by atoms with Crippen LogP contribution in [0.15, 0.2) is 59.3 Å². The number of likely N-dealkylation sites (tertiary alicyclic amines) is 1. The molecule has 1 fully saturated rings. The van der Waals surface area contributed by atoms with Gasteiger partial charge in [-0.05, 0) is 36.6 Å². The highest BCUT2D eigenvalue weighted by Crippen LogP contribution is 2.17. The third-order valence-corrected chi connectivity index (χ3v) is 5.11. The van der Waals surface area contributed by atoms with Crippen LogP contribution in [0.5, 0.6) is 5.75 Å². The number of aromatic nitrogens is 3. The summed E-state index contributed by atoms with van der Waals surface area (Å²) in [5, 5.41) is 8.02. The van der Waals surface area contributed by atoms with Crippen LogP contribution in [0.2, 0.25) is 0 Å².